The molecule has 330 valence electrons. The van der Waals surface area contributed by atoms with Crippen LogP contribution in [0.4, 0.5) is 5.69 Å². The van der Waals surface area contributed by atoms with Gasteiger partial charge in [-0.15, -0.1) is 0 Å². The van der Waals surface area contributed by atoms with Gasteiger partial charge in [0.05, 0.1) is 22.8 Å². The van der Waals surface area contributed by atoms with Gasteiger partial charge in [0.2, 0.25) is 0 Å². The first-order valence-corrected chi connectivity index (χ1v) is 23.7. The molecule has 1 amide bonds. The number of nitrogens with one attached hydrogen (secondary N) is 3. The number of amides is 1. The van der Waals surface area contributed by atoms with E-state index in [0.717, 1.165) is 109 Å². The number of hydrogen-bond donors (Lipinski definition) is 3. The van der Waals surface area contributed by atoms with Gasteiger partial charge in [-0.2, -0.15) is 0 Å². The lowest BCUT2D eigenvalue weighted by Gasteiger charge is -2.10. The third-order valence-corrected chi connectivity index (χ3v) is 12.7. The van der Waals surface area contributed by atoms with E-state index in [1.54, 1.807) is 12.4 Å². The maximum Gasteiger partial charge on any atom is 0.255 e. The van der Waals surface area contributed by atoms with Gasteiger partial charge in [0.25, 0.3) is 5.91 Å². The van der Waals surface area contributed by atoms with Crippen molar-refractivity contribution in [2.75, 3.05) is 5.32 Å². The molecule has 8 bridgehead atoms. The quantitative estimate of drug-likeness (QED) is 0.0948. The molecular formula is C60H54N6O. The average molecular weight is 875 g/mol. The smallest absolute Gasteiger partial charge is 0.255 e. The molecule has 4 aromatic heterocycles. The van der Waals surface area contributed by atoms with Crippen molar-refractivity contribution in [3.63, 3.8) is 0 Å². The molecule has 4 aromatic carbocycles. The van der Waals surface area contributed by atoms with E-state index in [9.17, 15) is 4.79 Å². The van der Waals surface area contributed by atoms with Gasteiger partial charge in [0.1, 0.15) is 0 Å². The van der Waals surface area contributed by atoms with Crippen LogP contribution in [0.2, 0.25) is 0 Å². The number of rotatable bonds is 14. The van der Waals surface area contributed by atoms with E-state index in [-0.39, 0.29) is 5.91 Å². The molecule has 0 unspecified atom stereocenters. The van der Waals surface area contributed by atoms with Gasteiger partial charge < -0.3 is 15.3 Å². The first kappa shape index (κ1) is 43.0. The minimum absolute atomic E-state index is 0.190. The summed E-state index contributed by atoms with van der Waals surface area (Å²) < 4.78 is 0. The van der Waals surface area contributed by atoms with Gasteiger partial charge in [-0.1, -0.05) is 112 Å². The Labute approximate surface area is 392 Å². The lowest BCUT2D eigenvalue weighted by molar-refractivity contribution is 0.102. The SMILES string of the molecule is CCCCCc1cccc(-c2c3nc(c(-c4cccc(CCCCC)c4)c4ccc([nH]4)c(-c4cccc(NC(=O)c5cccc(-c6ccncc6)c5)c4)c4nc(cc5ccc2[nH]5)C=C4)C=C3)c1. The summed E-state index contributed by atoms with van der Waals surface area (Å²) in [4.78, 5) is 36.4. The maximum atomic E-state index is 13.8. The number of carbonyl (C=O) groups excluding carboxylic acids is 1. The molecule has 67 heavy (non-hydrogen) atoms. The van der Waals surface area contributed by atoms with Crippen molar-refractivity contribution in [2.45, 2.75) is 65.2 Å². The predicted octanol–water partition coefficient (Wildman–Crippen LogP) is 15.4. The van der Waals surface area contributed by atoms with Crippen LogP contribution in [0.1, 0.15) is 96.6 Å². The highest BCUT2D eigenvalue weighted by Gasteiger charge is 2.18. The fourth-order valence-corrected chi connectivity index (χ4v) is 9.31. The first-order chi connectivity index (χ1) is 33.0. The van der Waals surface area contributed by atoms with Crippen LogP contribution in [0.15, 0.2) is 152 Å². The highest BCUT2D eigenvalue weighted by molar-refractivity contribution is 6.06. The Morgan fingerprint density at radius 3 is 1.70 bits per heavy atom. The largest absolute Gasteiger partial charge is 0.355 e. The third kappa shape index (κ3) is 9.59. The fourth-order valence-electron chi connectivity index (χ4n) is 9.31. The lowest BCUT2D eigenvalue weighted by Crippen LogP contribution is -2.11. The molecule has 0 radical (unpaired) electrons. The molecule has 10 rings (SSSR count). The Hall–Kier alpha value is -7.90. The third-order valence-electron chi connectivity index (χ3n) is 12.7. The number of hydrogen-bond acceptors (Lipinski definition) is 4. The summed E-state index contributed by atoms with van der Waals surface area (Å²) in [6.45, 7) is 4.50. The highest BCUT2D eigenvalue weighted by Crippen LogP contribution is 2.37. The van der Waals surface area contributed by atoms with Crippen molar-refractivity contribution in [3.8, 4) is 44.5 Å². The van der Waals surface area contributed by atoms with Crippen LogP contribution in [-0.4, -0.2) is 30.8 Å². The van der Waals surface area contributed by atoms with Gasteiger partial charge in [-0.3, -0.25) is 9.78 Å². The molecule has 3 N–H and O–H groups in total. The summed E-state index contributed by atoms with van der Waals surface area (Å²) in [7, 11) is 0. The van der Waals surface area contributed by atoms with Crippen molar-refractivity contribution in [1.82, 2.24) is 24.9 Å². The fraction of sp³-hybridized carbons (Fsp3) is 0.167. The van der Waals surface area contributed by atoms with Crippen LogP contribution in [-0.2, 0) is 12.8 Å². The topological polar surface area (TPSA) is 99.3 Å². The number of pyridine rings is 1. The van der Waals surface area contributed by atoms with Crippen LogP contribution in [0.3, 0.4) is 0 Å². The number of anilines is 1. The predicted molar refractivity (Wildman–Crippen MR) is 279 cm³/mol. The number of unbranched alkanes of at least 4 members (excludes halogenated alkanes) is 4. The number of aromatic nitrogens is 5. The van der Waals surface area contributed by atoms with Crippen LogP contribution in [0.25, 0.3) is 90.9 Å². The number of aryl methyl sites for hydroxylation is 2. The number of nitrogens with zero attached hydrogens (tertiary/aromatic N) is 3. The van der Waals surface area contributed by atoms with Crippen molar-refractivity contribution in [3.05, 3.63) is 191 Å². The van der Waals surface area contributed by atoms with Gasteiger partial charge in [-0.25, -0.2) is 9.97 Å². The maximum absolute atomic E-state index is 13.8. The molecule has 8 aromatic rings. The van der Waals surface area contributed by atoms with E-state index in [0.29, 0.717) is 11.3 Å². The summed E-state index contributed by atoms with van der Waals surface area (Å²) >= 11 is 0. The molecule has 2 aliphatic rings. The normalized spacial score (nSPS) is 11.9. The standard InChI is InChI=1S/C60H54N6O/c1-3-5-7-13-40-15-9-18-44(35-40)57-51-25-23-49(62-51)39-50-24-26-52(63-50)59(46-20-12-22-48(38-46)64-60(67)47-21-11-17-43(37-47)42-31-33-61-34-32-42)56-30-29-55(66-56)58(54-28-27-53(57)65-54)45-19-10-16-41(36-45)14-8-6-4-2/h9-12,15-39,62,66H,3-8,13-14H2,1-2H3,(H,64,67). The summed E-state index contributed by atoms with van der Waals surface area (Å²) in [5.41, 5.74) is 19.3. The second kappa shape index (κ2) is 19.7. The lowest BCUT2D eigenvalue weighted by atomic mass is 9.99. The van der Waals surface area contributed by atoms with E-state index in [1.807, 2.05) is 54.6 Å². The molecule has 7 heteroatoms. The van der Waals surface area contributed by atoms with Crippen molar-refractivity contribution in [2.24, 2.45) is 0 Å². The Kier molecular flexibility index (Phi) is 12.6. The number of H-pyrrole nitrogens is 2. The molecule has 0 fully saturated rings. The number of carbonyl (C=O) groups is 1. The Bertz CT molecular complexity index is 3340. The van der Waals surface area contributed by atoms with Gasteiger partial charge in [0.15, 0.2) is 0 Å². The minimum Gasteiger partial charge on any atom is -0.355 e. The van der Waals surface area contributed by atoms with Crippen molar-refractivity contribution in [1.29, 1.82) is 0 Å². The van der Waals surface area contributed by atoms with E-state index < -0.39 is 0 Å². The molecule has 6 heterocycles. The molecule has 7 nitrogen and oxygen atoms in total. The zero-order valence-electron chi connectivity index (χ0n) is 38.1. The van der Waals surface area contributed by atoms with Crippen molar-refractivity contribution < 1.29 is 4.79 Å². The molecule has 0 spiro atoms. The highest BCUT2D eigenvalue weighted by atomic mass is 16.1. The van der Waals surface area contributed by atoms with E-state index >= 15 is 0 Å². The van der Waals surface area contributed by atoms with Crippen LogP contribution < -0.4 is 5.32 Å². The molecule has 0 saturated heterocycles. The monoisotopic (exact) mass is 874 g/mol. The minimum atomic E-state index is -0.190. The van der Waals surface area contributed by atoms with Gasteiger partial charge in [-0.05, 0) is 156 Å². The van der Waals surface area contributed by atoms with E-state index in [1.165, 1.54) is 43.2 Å². The summed E-state index contributed by atoms with van der Waals surface area (Å²) in [6, 6.07) is 48.2. The zero-order valence-corrected chi connectivity index (χ0v) is 38.1. The summed E-state index contributed by atoms with van der Waals surface area (Å²) in [6.07, 6.45) is 21.2. The summed E-state index contributed by atoms with van der Waals surface area (Å²) in [5.74, 6) is -0.190. The van der Waals surface area contributed by atoms with Crippen molar-refractivity contribution >= 4 is 58.0 Å². The Morgan fingerprint density at radius 2 is 1.04 bits per heavy atom. The summed E-state index contributed by atoms with van der Waals surface area (Å²) in [5, 5.41) is 3.18. The average Bonchev–Trinajstić information content (AvgIpc) is 4.21. The molecule has 2 aliphatic heterocycles. The molecule has 0 aliphatic carbocycles. The second-order valence-electron chi connectivity index (χ2n) is 17.5. The van der Waals surface area contributed by atoms with E-state index in [4.69, 9.17) is 9.97 Å². The first-order valence-electron chi connectivity index (χ1n) is 23.7. The van der Waals surface area contributed by atoms with Gasteiger partial charge in [0, 0.05) is 62.4 Å². The Balaban J connectivity index is 1.15. The Morgan fingerprint density at radius 1 is 0.493 bits per heavy atom. The van der Waals surface area contributed by atoms with Crippen LogP contribution in [0, 0.1) is 0 Å². The number of benzene rings is 4. The number of aromatic amines is 2. The van der Waals surface area contributed by atoms with Crippen LogP contribution >= 0.6 is 0 Å². The second-order valence-corrected chi connectivity index (χ2v) is 17.5. The van der Waals surface area contributed by atoms with Gasteiger partial charge >= 0.3 is 0 Å². The van der Waals surface area contributed by atoms with Crippen LogP contribution in [0.5, 0.6) is 0 Å². The molecule has 0 saturated carbocycles. The number of fused-ring (bicyclic) bond motifs is 8. The molecular weight excluding hydrogens is 821 g/mol. The zero-order chi connectivity index (χ0) is 45.5. The molecule has 0 atom stereocenters. The van der Waals surface area contributed by atoms with E-state index in [2.05, 4.69) is 143 Å².